The SMILES string of the molecule is CN(C)C(=O)N1CCC[C@H](CNc2ccc(Cl)c(F)c2)C1. The molecule has 2 amide bonds. The van der Waals surface area contributed by atoms with E-state index in [1.807, 2.05) is 4.90 Å². The zero-order chi connectivity index (χ0) is 15.4. The Hall–Kier alpha value is -1.49. The standard InChI is InChI=1S/C15H21ClFN3O/c1-19(2)15(21)20-7-3-4-11(10-20)9-18-12-5-6-13(16)14(17)8-12/h5-6,8,11,18H,3-4,7,9-10H2,1-2H3/t11-/m1/s1. The lowest BCUT2D eigenvalue weighted by molar-refractivity contribution is 0.145. The fraction of sp³-hybridized carbons (Fsp3) is 0.533. The average Bonchev–Trinajstić information content (AvgIpc) is 2.48. The summed E-state index contributed by atoms with van der Waals surface area (Å²) >= 11 is 5.66. The topological polar surface area (TPSA) is 35.6 Å². The van der Waals surface area contributed by atoms with E-state index in [1.54, 1.807) is 31.1 Å². The van der Waals surface area contributed by atoms with Crippen LogP contribution in [0, 0.1) is 11.7 Å². The van der Waals surface area contributed by atoms with Crippen LogP contribution in [0.1, 0.15) is 12.8 Å². The van der Waals surface area contributed by atoms with E-state index >= 15 is 0 Å². The quantitative estimate of drug-likeness (QED) is 0.929. The van der Waals surface area contributed by atoms with Crippen molar-refractivity contribution < 1.29 is 9.18 Å². The largest absolute Gasteiger partial charge is 0.385 e. The van der Waals surface area contributed by atoms with Crippen molar-refractivity contribution in [2.75, 3.05) is 39.0 Å². The Bertz CT molecular complexity index is 510. The van der Waals surface area contributed by atoms with Crippen LogP contribution >= 0.6 is 11.6 Å². The lowest BCUT2D eigenvalue weighted by Crippen LogP contribution is -2.46. The number of anilines is 1. The highest BCUT2D eigenvalue weighted by atomic mass is 35.5. The van der Waals surface area contributed by atoms with Gasteiger partial charge in [-0.15, -0.1) is 0 Å². The minimum absolute atomic E-state index is 0.0530. The first-order valence-corrected chi connectivity index (χ1v) is 7.50. The molecule has 116 valence electrons. The van der Waals surface area contributed by atoms with E-state index in [1.165, 1.54) is 6.07 Å². The number of urea groups is 1. The second-order valence-corrected chi connectivity index (χ2v) is 6.05. The predicted octanol–water partition coefficient (Wildman–Crippen LogP) is 3.28. The normalized spacial score (nSPS) is 18.5. The molecule has 0 saturated carbocycles. The minimum atomic E-state index is -0.422. The van der Waals surface area contributed by atoms with Gasteiger partial charge in [0.1, 0.15) is 5.82 Å². The molecule has 4 nitrogen and oxygen atoms in total. The van der Waals surface area contributed by atoms with Gasteiger partial charge in [0.15, 0.2) is 0 Å². The third-order valence-electron chi connectivity index (χ3n) is 3.69. The summed E-state index contributed by atoms with van der Waals surface area (Å²) in [6.45, 7) is 2.27. The van der Waals surface area contributed by atoms with Gasteiger partial charge in [0.05, 0.1) is 5.02 Å². The van der Waals surface area contributed by atoms with Crippen molar-refractivity contribution in [2.45, 2.75) is 12.8 Å². The highest BCUT2D eigenvalue weighted by molar-refractivity contribution is 6.30. The fourth-order valence-electron chi connectivity index (χ4n) is 2.56. The average molecular weight is 314 g/mol. The molecule has 0 spiro atoms. The van der Waals surface area contributed by atoms with Crippen molar-refractivity contribution in [3.8, 4) is 0 Å². The number of nitrogens with zero attached hydrogens (tertiary/aromatic N) is 2. The molecule has 1 aromatic carbocycles. The van der Waals surface area contributed by atoms with Crippen LogP contribution in [0.2, 0.25) is 5.02 Å². The van der Waals surface area contributed by atoms with Crippen LogP contribution in [0.4, 0.5) is 14.9 Å². The third-order valence-corrected chi connectivity index (χ3v) is 3.99. The number of halogens is 2. The molecule has 1 atom stereocenters. The molecular formula is C15H21ClFN3O. The monoisotopic (exact) mass is 313 g/mol. The first-order valence-electron chi connectivity index (χ1n) is 7.12. The van der Waals surface area contributed by atoms with E-state index in [0.717, 1.165) is 32.5 Å². The molecule has 0 aliphatic carbocycles. The highest BCUT2D eigenvalue weighted by Gasteiger charge is 2.24. The van der Waals surface area contributed by atoms with Crippen LogP contribution in [0.3, 0.4) is 0 Å². The summed E-state index contributed by atoms with van der Waals surface area (Å²) in [4.78, 5) is 15.4. The molecule has 1 aliphatic rings. The van der Waals surface area contributed by atoms with E-state index in [-0.39, 0.29) is 11.1 Å². The summed E-state index contributed by atoms with van der Waals surface area (Å²) in [5.41, 5.74) is 0.716. The van der Waals surface area contributed by atoms with Crippen LogP contribution in [0.25, 0.3) is 0 Å². The van der Waals surface area contributed by atoms with Gasteiger partial charge >= 0.3 is 6.03 Å². The maximum absolute atomic E-state index is 13.4. The van der Waals surface area contributed by atoms with Crippen molar-refractivity contribution in [1.29, 1.82) is 0 Å². The zero-order valence-corrected chi connectivity index (χ0v) is 13.2. The number of carbonyl (C=O) groups is 1. The number of rotatable bonds is 3. The molecule has 21 heavy (non-hydrogen) atoms. The van der Waals surface area contributed by atoms with Crippen molar-refractivity contribution in [1.82, 2.24) is 9.80 Å². The number of hydrogen-bond acceptors (Lipinski definition) is 2. The van der Waals surface area contributed by atoms with Crippen LogP contribution in [0.5, 0.6) is 0 Å². The molecule has 0 unspecified atom stereocenters. The number of hydrogen-bond donors (Lipinski definition) is 1. The Balaban J connectivity index is 1.88. The van der Waals surface area contributed by atoms with Crippen LogP contribution in [0.15, 0.2) is 18.2 Å². The van der Waals surface area contributed by atoms with Crippen LogP contribution in [-0.2, 0) is 0 Å². The molecular weight excluding hydrogens is 293 g/mol. The Kier molecular flexibility index (Phi) is 5.28. The molecule has 1 heterocycles. The zero-order valence-electron chi connectivity index (χ0n) is 12.4. The number of piperidine rings is 1. The van der Waals surface area contributed by atoms with E-state index in [9.17, 15) is 9.18 Å². The number of amides is 2. The second kappa shape index (κ2) is 6.98. The molecule has 1 aromatic rings. The predicted molar refractivity (Wildman–Crippen MR) is 83.3 cm³/mol. The summed E-state index contributed by atoms with van der Waals surface area (Å²) in [6.07, 6.45) is 2.07. The van der Waals surface area contributed by atoms with Gasteiger partial charge in [-0.25, -0.2) is 9.18 Å². The Morgan fingerprint density at radius 2 is 2.29 bits per heavy atom. The van der Waals surface area contributed by atoms with Crippen molar-refractivity contribution >= 4 is 23.3 Å². The summed E-state index contributed by atoms with van der Waals surface area (Å²) in [7, 11) is 3.53. The lowest BCUT2D eigenvalue weighted by Gasteiger charge is -2.34. The van der Waals surface area contributed by atoms with Crippen molar-refractivity contribution in [3.63, 3.8) is 0 Å². The fourth-order valence-corrected chi connectivity index (χ4v) is 2.67. The summed E-state index contributed by atoms with van der Waals surface area (Å²) < 4.78 is 13.4. The molecule has 2 rings (SSSR count). The van der Waals surface area contributed by atoms with Crippen LogP contribution < -0.4 is 5.32 Å². The van der Waals surface area contributed by atoms with E-state index < -0.39 is 5.82 Å². The lowest BCUT2D eigenvalue weighted by atomic mass is 9.98. The summed E-state index contributed by atoms with van der Waals surface area (Å²) in [6, 6.07) is 4.75. The molecule has 1 aliphatic heterocycles. The summed E-state index contributed by atoms with van der Waals surface area (Å²) in [5.74, 6) is -0.0453. The van der Waals surface area contributed by atoms with Gasteiger partial charge in [-0.3, -0.25) is 0 Å². The maximum Gasteiger partial charge on any atom is 0.319 e. The smallest absolute Gasteiger partial charge is 0.319 e. The Labute approximate surface area is 129 Å². The molecule has 1 N–H and O–H groups in total. The molecule has 6 heteroatoms. The van der Waals surface area contributed by atoms with E-state index in [4.69, 9.17) is 11.6 Å². The van der Waals surface area contributed by atoms with Gasteiger partial charge < -0.3 is 15.1 Å². The Morgan fingerprint density at radius 3 is 2.95 bits per heavy atom. The van der Waals surface area contributed by atoms with Gasteiger partial charge in [0, 0.05) is 39.4 Å². The van der Waals surface area contributed by atoms with Crippen molar-refractivity contribution in [3.05, 3.63) is 29.0 Å². The van der Waals surface area contributed by atoms with Gasteiger partial charge in [0.2, 0.25) is 0 Å². The first kappa shape index (κ1) is 15.9. The number of likely N-dealkylation sites (tertiary alicyclic amines) is 1. The molecule has 0 bridgehead atoms. The van der Waals surface area contributed by atoms with Gasteiger partial charge in [-0.2, -0.15) is 0 Å². The number of nitrogens with one attached hydrogen (secondary N) is 1. The maximum atomic E-state index is 13.4. The van der Waals surface area contributed by atoms with Crippen molar-refractivity contribution in [2.24, 2.45) is 5.92 Å². The molecule has 1 saturated heterocycles. The molecule has 0 aromatic heterocycles. The molecule has 0 radical (unpaired) electrons. The van der Waals surface area contributed by atoms with E-state index in [2.05, 4.69) is 5.32 Å². The Morgan fingerprint density at radius 1 is 1.52 bits per heavy atom. The highest BCUT2D eigenvalue weighted by Crippen LogP contribution is 2.21. The molecule has 1 fully saturated rings. The third kappa shape index (κ3) is 4.24. The van der Waals surface area contributed by atoms with Gasteiger partial charge in [0.25, 0.3) is 0 Å². The first-order chi connectivity index (χ1) is 9.97. The summed E-state index contributed by atoms with van der Waals surface area (Å²) in [5, 5.41) is 3.35. The number of benzene rings is 1. The number of carbonyl (C=O) groups excluding carboxylic acids is 1. The van der Waals surface area contributed by atoms with Gasteiger partial charge in [-0.05, 0) is 37.0 Å². The minimum Gasteiger partial charge on any atom is -0.385 e. The van der Waals surface area contributed by atoms with E-state index in [0.29, 0.717) is 11.6 Å². The van der Waals surface area contributed by atoms with Crippen LogP contribution in [-0.4, -0.2) is 49.6 Å². The second-order valence-electron chi connectivity index (χ2n) is 5.64. The van der Waals surface area contributed by atoms with Gasteiger partial charge in [-0.1, -0.05) is 11.6 Å².